The molecule has 2 amide bonds. The van der Waals surface area contributed by atoms with Crippen LogP contribution in [0.4, 0.5) is 4.79 Å². The maximum Gasteiger partial charge on any atom is 0.407 e. The highest BCUT2D eigenvalue weighted by Crippen LogP contribution is 2.00. The molecule has 7 nitrogen and oxygen atoms in total. The summed E-state index contributed by atoms with van der Waals surface area (Å²) in [5.41, 5.74) is 0.849. The van der Waals surface area contributed by atoms with Crippen molar-refractivity contribution >= 4 is 18.0 Å². The molecule has 0 heterocycles. The van der Waals surface area contributed by atoms with E-state index in [4.69, 9.17) is 4.74 Å². The van der Waals surface area contributed by atoms with Crippen molar-refractivity contribution in [2.75, 3.05) is 13.3 Å². The summed E-state index contributed by atoms with van der Waals surface area (Å²) in [6.45, 7) is 0.872. The zero-order chi connectivity index (χ0) is 14.8. The fraction of sp³-hybridized carbons (Fsp3) is 0.308. The molecule has 0 fully saturated rings. The van der Waals surface area contributed by atoms with E-state index >= 15 is 0 Å². The van der Waals surface area contributed by atoms with Crippen LogP contribution in [0.15, 0.2) is 30.3 Å². The first-order valence-corrected chi connectivity index (χ1v) is 5.92. The summed E-state index contributed by atoms with van der Waals surface area (Å²) >= 11 is 0. The van der Waals surface area contributed by atoms with E-state index in [2.05, 4.69) is 15.4 Å². The number of carbonyl (C=O) groups is 3. The van der Waals surface area contributed by atoms with Crippen LogP contribution < -0.4 is 10.6 Å². The number of hydrogen-bond donors (Lipinski definition) is 2. The minimum atomic E-state index is -0.698. The Hall–Kier alpha value is -2.57. The van der Waals surface area contributed by atoms with Crippen LogP contribution >= 0.6 is 0 Å². The maximum absolute atomic E-state index is 11.3. The number of ether oxygens (including phenoxy) is 2. The van der Waals surface area contributed by atoms with Crippen LogP contribution in [0.2, 0.25) is 0 Å². The summed E-state index contributed by atoms with van der Waals surface area (Å²) in [5, 5.41) is 4.57. The molecule has 0 saturated carbocycles. The van der Waals surface area contributed by atoms with E-state index in [0.29, 0.717) is 0 Å². The van der Waals surface area contributed by atoms with Gasteiger partial charge in [0.25, 0.3) is 0 Å². The zero-order valence-corrected chi connectivity index (χ0v) is 11.0. The maximum atomic E-state index is 11.3. The van der Waals surface area contributed by atoms with Gasteiger partial charge in [-0.25, -0.2) is 4.79 Å². The molecule has 0 radical (unpaired) electrons. The SMILES string of the molecule is CC(=O)OCNC(=O)CNC(=O)OCc1ccccc1. The van der Waals surface area contributed by atoms with E-state index < -0.39 is 18.0 Å². The molecule has 1 rings (SSSR count). The van der Waals surface area contributed by atoms with Gasteiger partial charge in [0.15, 0.2) is 6.73 Å². The zero-order valence-electron chi connectivity index (χ0n) is 11.0. The Balaban J connectivity index is 2.13. The molecule has 0 aliphatic heterocycles. The van der Waals surface area contributed by atoms with E-state index in [9.17, 15) is 14.4 Å². The molecule has 0 aliphatic rings. The van der Waals surface area contributed by atoms with Crippen molar-refractivity contribution in [3.63, 3.8) is 0 Å². The molecule has 7 heteroatoms. The molecule has 1 aromatic carbocycles. The topological polar surface area (TPSA) is 93.7 Å². The Bertz CT molecular complexity index is 461. The van der Waals surface area contributed by atoms with Crippen LogP contribution in [-0.2, 0) is 25.7 Å². The molecule has 2 N–H and O–H groups in total. The van der Waals surface area contributed by atoms with Gasteiger partial charge in [-0.1, -0.05) is 30.3 Å². The summed E-state index contributed by atoms with van der Waals surface area (Å²) in [6.07, 6.45) is -0.698. The highest BCUT2D eigenvalue weighted by Gasteiger charge is 2.06. The standard InChI is InChI=1S/C13H16N2O5/c1-10(16)20-9-15-12(17)7-14-13(18)19-8-11-5-3-2-4-6-11/h2-6H,7-9H2,1H3,(H,14,18)(H,15,17). The molecule has 0 aliphatic carbocycles. The lowest BCUT2D eigenvalue weighted by atomic mass is 10.2. The lowest BCUT2D eigenvalue weighted by molar-refractivity contribution is -0.142. The molecule has 0 aromatic heterocycles. The van der Waals surface area contributed by atoms with Gasteiger partial charge in [0.2, 0.25) is 5.91 Å². The van der Waals surface area contributed by atoms with Crippen molar-refractivity contribution in [3.05, 3.63) is 35.9 Å². The molecule has 0 bridgehead atoms. The lowest BCUT2D eigenvalue weighted by Crippen LogP contribution is -2.38. The number of esters is 1. The van der Waals surface area contributed by atoms with E-state index in [1.54, 1.807) is 0 Å². The smallest absolute Gasteiger partial charge is 0.407 e. The number of alkyl carbamates (subject to hydrolysis) is 1. The first kappa shape index (κ1) is 15.5. The highest BCUT2D eigenvalue weighted by molar-refractivity contribution is 5.82. The molecule has 20 heavy (non-hydrogen) atoms. The van der Waals surface area contributed by atoms with Gasteiger partial charge in [0, 0.05) is 6.92 Å². The molecule has 0 atom stereocenters. The van der Waals surface area contributed by atoms with Crippen LogP contribution in [0, 0.1) is 0 Å². The first-order valence-electron chi connectivity index (χ1n) is 5.92. The Morgan fingerprint density at radius 2 is 1.75 bits per heavy atom. The molecule has 0 spiro atoms. The second kappa shape index (κ2) is 8.52. The number of amides is 2. The fourth-order valence-electron chi connectivity index (χ4n) is 1.21. The number of carbonyl (C=O) groups excluding carboxylic acids is 3. The van der Waals surface area contributed by atoms with Gasteiger partial charge in [-0.15, -0.1) is 0 Å². The Labute approximate surface area is 116 Å². The Morgan fingerprint density at radius 3 is 2.40 bits per heavy atom. The second-order valence-electron chi connectivity index (χ2n) is 3.80. The minimum absolute atomic E-state index is 0.127. The summed E-state index contributed by atoms with van der Waals surface area (Å²) in [5.74, 6) is -0.983. The quantitative estimate of drug-likeness (QED) is 0.586. The summed E-state index contributed by atoms with van der Waals surface area (Å²) in [7, 11) is 0. The summed E-state index contributed by atoms with van der Waals surface area (Å²) in [6, 6.07) is 9.16. The molecule has 0 saturated heterocycles. The number of nitrogens with one attached hydrogen (secondary N) is 2. The lowest BCUT2D eigenvalue weighted by Gasteiger charge is -2.08. The Morgan fingerprint density at radius 1 is 1.05 bits per heavy atom. The average molecular weight is 280 g/mol. The van der Waals surface area contributed by atoms with E-state index in [1.807, 2.05) is 30.3 Å². The summed E-state index contributed by atoms with van der Waals surface area (Å²) in [4.78, 5) is 33.0. The van der Waals surface area contributed by atoms with Crippen LogP contribution in [-0.4, -0.2) is 31.2 Å². The van der Waals surface area contributed by atoms with Crippen LogP contribution in [0.3, 0.4) is 0 Å². The largest absolute Gasteiger partial charge is 0.445 e. The van der Waals surface area contributed by atoms with Crippen molar-refractivity contribution < 1.29 is 23.9 Å². The number of benzene rings is 1. The summed E-state index contributed by atoms with van der Waals surface area (Å²) < 4.78 is 9.42. The first-order chi connectivity index (χ1) is 9.58. The van der Waals surface area contributed by atoms with Crippen molar-refractivity contribution in [2.45, 2.75) is 13.5 Å². The molecular weight excluding hydrogens is 264 g/mol. The van der Waals surface area contributed by atoms with Crippen molar-refractivity contribution in [3.8, 4) is 0 Å². The molecular formula is C13H16N2O5. The van der Waals surface area contributed by atoms with Crippen LogP contribution in [0.1, 0.15) is 12.5 Å². The van der Waals surface area contributed by atoms with Gasteiger partial charge in [-0.05, 0) is 5.56 Å². The normalized spacial score (nSPS) is 9.45. The minimum Gasteiger partial charge on any atom is -0.445 e. The monoisotopic (exact) mass is 280 g/mol. The van der Waals surface area contributed by atoms with Gasteiger partial charge in [0.05, 0.1) is 0 Å². The van der Waals surface area contributed by atoms with Gasteiger partial charge in [-0.3, -0.25) is 9.59 Å². The third-order valence-electron chi connectivity index (χ3n) is 2.15. The number of rotatable bonds is 6. The van der Waals surface area contributed by atoms with Crippen LogP contribution in [0.5, 0.6) is 0 Å². The Kier molecular flexibility index (Phi) is 6.60. The van der Waals surface area contributed by atoms with E-state index in [0.717, 1.165) is 5.56 Å². The molecule has 108 valence electrons. The average Bonchev–Trinajstić information content (AvgIpc) is 2.43. The molecule has 1 aromatic rings. The van der Waals surface area contributed by atoms with Gasteiger partial charge >= 0.3 is 12.1 Å². The van der Waals surface area contributed by atoms with Crippen molar-refractivity contribution in [1.29, 1.82) is 0 Å². The van der Waals surface area contributed by atoms with Crippen molar-refractivity contribution in [2.24, 2.45) is 0 Å². The molecule has 0 unspecified atom stereocenters. The van der Waals surface area contributed by atoms with Gasteiger partial charge in [-0.2, -0.15) is 0 Å². The van der Waals surface area contributed by atoms with Gasteiger partial charge in [0.1, 0.15) is 13.2 Å². The third-order valence-corrected chi connectivity index (χ3v) is 2.15. The highest BCUT2D eigenvalue weighted by atomic mass is 16.5. The van der Waals surface area contributed by atoms with Crippen LogP contribution in [0.25, 0.3) is 0 Å². The van der Waals surface area contributed by atoms with E-state index in [-0.39, 0.29) is 19.9 Å². The fourth-order valence-corrected chi connectivity index (χ4v) is 1.21. The predicted octanol–water partition coefficient (Wildman–Crippen LogP) is 0.550. The van der Waals surface area contributed by atoms with E-state index in [1.165, 1.54) is 6.92 Å². The second-order valence-corrected chi connectivity index (χ2v) is 3.80. The third kappa shape index (κ3) is 7.00. The number of hydrogen-bond acceptors (Lipinski definition) is 5. The predicted molar refractivity (Wildman–Crippen MR) is 69.4 cm³/mol. The van der Waals surface area contributed by atoms with Gasteiger partial charge < -0.3 is 20.1 Å². The van der Waals surface area contributed by atoms with Crippen molar-refractivity contribution in [1.82, 2.24) is 10.6 Å².